The fourth-order valence-corrected chi connectivity index (χ4v) is 0.818. The van der Waals surface area contributed by atoms with E-state index >= 15 is 0 Å². The van der Waals surface area contributed by atoms with Crippen molar-refractivity contribution in [1.29, 1.82) is 0 Å². The Morgan fingerprint density at radius 2 is 1.50 bits per heavy atom. The van der Waals surface area contributed by atoms with Crippen molar-refractivity contribution in [3.8, 4) is 0 Å². The molecule has 0 saturated heterocycles. The van der Waals surface area contributed by atoms with Crippen LogP contribution in [-0.4, -0.2) is 30.7 Å². The van der Waals surface area contributed by atoms with Crippen molar-refractivity contribution in [3.05, 3.63) is 0 Å². The first-order valence-corrected chi connectivity index (χ1v) is 4.53. The van der Waals surface area contributed by atoms with Gasteiger partial charge in [-0.05, 0) is 6.92 Å². The summed E-state index contributed by atoms with van der Waals surface area (Å²) in [5, 5.41) is 5.13. The Morgan fingerprint density at radius 1 is 0.929 bits per heavy atom. The van der Waals surface area contributed by atoms with Gasteiger partial charge in [0, 0.05) is 32.9 Å². The van der Waals surface area contributed by atoms with Gasteiger partial charge >= 0.3 is 0 Å². The number of carbonyl (C=O) groups is 3. The van der Waals surface area contributed by atoms with E-state index in [-0.39, 0.29) is 30.4 Å². The van der Waals surface area contributed by atoms with E-state index < -0.39 is 0 Å². The Labute approximate surface area is 83.2 Å². The molecule has 2 amide bonds. The molecule has 80 valence electrons. The summed E-state index contributed by atoms with van der Waals surface area (Å²) in [5.41, 5.74) is 0. The second-order valence-corrected chi connectivity index (χ2v) is 3.03. The zero-order valence-corrected chi connectivity index (χ0v) is 8.55. The summed E-state index contributed by atoms with van der Waals surface area (Å²) in [4.78, 5) is 32.0. The highest BCUT2D eigenvalue weighted by atomic mass is 16.2. The van der Waals surface area contributed by atoms with E-state index in [0.717, 1.165) is 0 Å². The van der Waals surface area contributed by atoms with E-state index in [4.69, 9.17) is 0 Å². The second kappa shape index (κ2) is 7.06. The van der Waals surface area contributed by atoms with Gasteiger partial charge in [-0.15, -0.1) is 0 Å². The molecule has 14 heavy (non-hydrogen) atoms. The first kappa shape index (κ1) is 12.6. The molecule has 0 aromatic carbocycles. The minimum atomic E-state index is -0.162. The average molecular weight is 200 g/mol. The van der Waals surface area contributed by atoms with Crippen LogP contribution in [-0.2, 0) is 14.4 Å². The second-order valence-electron chi connectivity index (χ2n) is 3.03. The maximum atomic E-state index is 11.0. The van der Waals surface area contributed by atoms with Crippen LogP contribution in [0.5, 0.6) is 0 Å². The van der Waals surface area contributed by atoms with Gasteiger partial charge in [0.1, 0.15) is 5.78 Å². The lowest BCUT2D eigenvalue weighted by Crippen LogP contribution is -2.33. The fourth-order valence-electron chi connectivity index (χ4n) is 0.818. The number of hydrogen-bond acceptors (Lipinski definition) is 3. The summed E-state index contributed by atoms with van der Waals surface area (Å²) in [7, 11) is 0. The molecule has 0 aromatic heterocycles. The minimum absolute atomic E-state index is 0.00186. The quantitative estimate of drug-likeness (QED) is 0.573. The van der Waals surface area contributed by atoms with Gasteiger partial charge in [-0.25, -0.2) is 0 Å². The molecule has 0 atom stereocenters. The molecule has 0 aliphatic rings. The Kier molecular flexibility index (Phi) is 6.36. The van der Waals surface area contributed by atoms with Crippen molar-refractivity contribution in [1.82, 2.24) is 10.6 Å². The van der Waals surface area contributed by atoms with E-state index in [9.17, 15) is 14.4 Å². The number of nitrogens with one attached hydrogen (secondary N) is 2. The summed E-state index contributed by atoms with van der Waals surface area (Å²) in [5.74, 6) is -0.282. The molecule has 0 rings (SSSR count). The van der Waals surface area contributed by atoms with E-state index in [1.807, 2.05) is 0 Å². The van der Waals surface area contributed by atoms with Gasteiger partial charge in [-0.2, -0.15) is 0 Å². The van der Waals surface area contributed by atoms with Crippen molar-refractivity contribution in [2.45, 2.75) is 26.7 Å². The van der Waals surface area contributed by atoms with Crippen molar-refractivity contribution >= 4 is 17.6 Å². The molecule has 0 aromatic rings. The molecular weight excluding hydrogens is 184 g/mol. The standard InChI is InChI=1S/C9H16N2O3/c1-7(12)3-4-9(14)11-6-5-10-8(2)13/h3-6H2,1-2H3,(H,10,13)(H,11,14). The van der Waals surface area contributed by atoms with Crippen LogP contribution in [0.4, 0.5) is 0 Å². The number of amides is 2. The highest BCUT2D eigenvalue weighted by Gasteiger charge is 2.02. The summed E-state index contributed by atoms with van der Waals surface area (Å²) in [6, 6.07) is 0. The molecule has 0 unspecified atom stereocenters. The zero-order valence-electron chi connectivity index (χ0n) is 8.55. The average Bonchev–Trinajstić information content (AvgIpc) is 2.08. The van der Waals surface area contributed by atoms with Crippen LogP contribution in [0.15, 0.2) is 0 Å². The Morgan fingerprint density at radius 3 is 2.00 bits per heavy atom. The molecule has 5 nitrogen and oxygen atoms in total. The number of carbonyl (C=O) groups excluding carboxylic acids is 3. The number of rotatable bonds is 6. The highest BCUT2D eigenvalue weighted by molar-refractivity contribution is 5.83. The number of ketones is 1. The van der Waals surface area contributed by atoms with Gasteiger partial charge in [0.15, 0.2) is 0 Å². The summed E-state index contributed by atoms with van der Waals surface area (Å²) >= 11 is 0. The van der Waals surface area contributed by atoms with Crippen LogP contribution in [0.2, 0.25) is 0 Å². The number of Topliss-reactive ketones (excluding diaryl/α,β-unsaturated/α-hetero) is 1. The van der Waals surface area contributed by atoms with Crippen LogP contribution in [0.3, 0.4) is 0 Å². The first-order valence-electron chi connectivity index (χ1n) is 4.53. The van der Waals surface area contributed by atoms with Gasteiger partial charge in [0.2, 0.25) is 11.8 Å². The monoisotopic (exact) mass is 200 g/mol. The third kappa shape index (κ3) is 8.70. The maximum Gasteiger partial charge on any atom is 0.220 e. The number of hydrogen-bond donors (Lipinski definition) is 2. The van der Waals surface area contributed by atoms with Crippen molar-refractivity contribution in [2.24, 2.45) is 0 Å². The molecule has 0 radical (unpaired) electrons. The molecule has 2 N–H and O–H groups in total. The van der Waals surface area contributed by atoms with E-state index in [0.29, 0.717) is 13.1 Å². The molecule has 0 bridgehead atoms. The summed E-state index contributed by atoms with van der Waals surface area (Å²) < 4.78 is 0. The molecular formula is C9H16N2O3. The third-order valence-corrected chi connectivity index (χ3v) is 1.53. The molecule has 0 spiro atoms. The van der Waals surface area contributed by atoms with Crippen LogP contribution >= 0.6 is 0 Å². The fraction of sp³-hybridized carbons (Fsp3) is 0.667. The lowest BCUT2D eigenvalue weighted by molar-refractivity contribution is -0.124. The Hall–Kier alpha value is -1.39. The van der Waals surface area contributed by atoms with Crippen LogP contribution in [0.1, 0.15) is 26.7 Å². The van der Waals surface area contributed by atoms with Gasteiger partial charge in [-0.3, -0.25) is 9.59 Å². The van der Waals surface area contributed by atoms with Gasteiger partial charge in [-0.1, -0.05) is 0 Å². The Bertz CT molecular complexity index is 226. The minimum Gasteiger partial charge on any atom is -0.355 e. The predicted molar refractivity (Wildman–Crippen MR) is 51.6 cm³/mol. The van der Waals surface area contributed by atoms with E-state index in [1.54, 1.807) is 0 Å². The smallest absolute Gasteiger partial charge is 0.220 e. The zero-order chi connectivity index (χ0) is 11.0. The molecule has 0 heterocycles. The summed E-state index contributed by atoms with van der Waals surface area (Å²) in [6.07, 6.45) is 0.487. The van der Waals surface area contributed by atoms with Crippen molar-refractivity contribution in [3.63, 3.8) is 0 Å². The predicted octanol–water partition coefficient (Wildman–Crippen LogP) is -0.392. The highest BCUT2D eigenvalue weighted by Crippen LogP contribution is 1.89. The third-order valence-electron chi connectivity index (χ3n) is 1.53. The molecule has 0 aliphatic heterocycles. The lowest BCUT2D eigenvalue weighted by atomic mass is 10.2. The lowest BCUT2D eigenvalue weighted by Gasteiger charge is -2.04. The van der Waals surface area contributed by atoms with Crippen LogP contribution in [0.25, 0.3) is 0 Å². The van der Waals surface area contributed by atoms with Crippen molar-refractivity contribution < 1.29 is 14.4 Å². The van der Waals surface area contributed by atoms with E-state index in [1.165, 1.54) is 13.8 Å². The van der Waals surface area contributed by atoms with Crippen molar-refractivity contribution in [2.75, 3.05) is 13.1 Å². The SMILES string of the molecule is CC(=O)CCC(=O)NCCNC(C)=O. The van der Waals surface area contributed by atoms with E-state index in [2.05, 4.69) is 10.6 Å². The maximum absolute atomic E-state index is 11.0. The normalized spacial score (nSPS) is 9.29. The molecule has 0 saturated carbocycles. The Balaban J connectivity index is 3.36. The van der Waals surface area contributed by atoms with Crippen LogP contribution < -0.4 is 10.6 Å². The molecule has 0 aliphatic carbocycles. The van der Waals surface area contributed by atoms with Gasteiger partial charge in [0.05, 0.1) is 0 Å². The molecule has 0 fully saturated rings. The largest absolute Gasteiger partial charge is 0.355 e. The first-order chi connectivity index (χ1) is 6.52. The molecule has 5 heteroatoms. The summed E-state index contributed by atoms with van der Waals surface area (Å²) in [6.45, 7) is 3.68. The van der Waals surface area contributed by atoms with Crippen LogP contribution in [0, 0.1) is 0 Å². The topological polar surface area (TPSA) is 75.3 Å². The van der Waals surface area contributed by atoms with Gasteiger partial charge < -0.3 is 15.4 Å². The van der Waals surface area contributed by atoms with Gasteiger partial charge in [0.25, 0.3) is 0 Å².